The van der Waals surface area contributed by atoms with E-state index in [1.54, 1.807) is 0 Å². The summed E-state index contributed by atoms with van der Waals surface area (Å²) in [5.74, 6) is -0.00183. The molecular formula is C23H25Cl2N3O. The van der Waals surface area contributed by atoms with Crippen LogP contribution in [0.15, 0.2) is 48.5 Å². The second-order valence-corrected chi connectivity index (χ2v) is 8.53. The van der Waals surface area contributed by atoms with E-state index in [9.17, 15) is 4.79 Å². The lowest BCUT2D eigenvalue weighted by atomic mass is 9.98. The zero-order valence-electron chi connectivity index (χ0n) is 16.3. The quantitative estimate of drug-likeness (QED) is 0.619. The number of rotatable bonds is 3. The summed E-state index contributed by atoms with van der Waals surface area (Å²) in [6.45, 7) is 0. The van der Waals surface area contributed by atoms with Crippen molar-refractivity contribution in [3.05, 3.63) is 59.1 Å². The normalized spacial score (nSPS) is 23.0. The largest absolute Gasteiger partial charge is 0.349 e. The fraction of sp³-hybridized carbons (Fsp3) is 0.348. The van der Waals surface area contributed by atoms with Gasteiger partial charge >= 0.3 is 0 Å². The molecule has 2 aliphatic heterocycles. The second-order valence-electron chi connectivity index (χ2n) is 8.09. The SMILES string of the molecule is Cl.Cn1c(-c2ccccc2)c(C(=O)N[C@H]2C[C@H]3CC[C@@H](C2)N3)c2cc(Cl)ccc21. The molecular weight excluding hydrogens is 405 g/mol. The Hall–Kier alpha value is -2.01. The maximum absolute atomic E-state index is 13.5. The molecule has 2 bridgehead atoms. The predicted octanol–water partition coefficient (Wildman–Crippen LogP) is 4.93. The smallest absolute Gasteiger partial charge is 0.254 e. The Labute approximate surface area is 182 Å². The van der Waals surface area contributed by atoms with Gasteiger partial charge in [-0.1, -0.05) is 41.9 Å². The van der Waals surface area contributed by atoms with Gasteiger partial charge in [-0.15, -0.1) is 12.4 Å². The molecule has 0 spiro atoms. The van der Waals surface area contributed by atoms with Gasteiger partial charge in [-0.3, -0.25) is 4.79 Å². The van der Waals surface area contributed by atoms with E-state index in [1.165, 1.54) is 12.8 Å². The molecule has 3 aromatic rings. The van der Waals surface area contributed by atoms with Crippen molar-refractivity contribution >= 4 is 40.8 Å². The lowest BCUT2D eigenvalue weighted by molar-refractivity contribution is 0.0926. The predicted molar refractivity (Wildman–Crippen MR) is 121 cm³/mol. The molecule has 0 radical (unpaired) electrons. The van der Waals surface area contributed by atoms with Crippen LogP contribution in [0.4, 0.5) is 0 Å². The highest BCUT2D eigenvalue weighted by molar-refractivity contribution is 6.31. The van der Waals surface area contributed by atoms with Crippen molar-refractivity contribution in [2.45, 2.75) is 43.8 Å². The fourth-order valence-corrected chi connectivity index (χ4v) is 5.19. The molecule has 0 aliphatic carbocycles. The first-order valence-corrected chi connectivity index (χ1v) is 10.4. The number of halogens is 2. The monoisotopic (exact) mass is 429 g/mol. The van der Waals surface area contributed by atoms with Gasteiger partial charge in [0.2, 0.25) is 0 Å². The summed E-state index contributed by atoms with van der Waals surface area (Å²) in [5.41, 5.74) is 3.70. The molecule has 152 valence electrons. The molecule has 3 atom stereocenters. The molecule has 4 nitrogen and oxygen atoms in total. The molecule has 1 aromatic heterocycles. The van der Waals surface area contributed by atoms with Gasteiger partial charge in [0.1, 0.15) is 0 Å². The van der Waals surface area contributed by atoms with Gasteiger partial charge in [-0.25, -0.2) is 0 Å². The number of aromatic nitrogens is 1. The first-order chi connectivity index (χ1) is 13.6. The number of hydrogen-bond donors (Lipinski definition) is 2. The summed E-state index contributed by atoms with van der Waals surface area (Å²) in [6.07, 6.45) is 4.45. The number of fused-ring (bicyclic) bond motifs is 3. The summed E-state index contributed by atoms with van der Waals surface area (Å²) in [6, 6.07) is 17.2. The minimum atomic E-state index is -0.00183. The van der Waals surface area contributed by atoms with Crippen molar-refractivity contribution in [1.82, 2.24) is 15.2 Å². The average molecular weight is 430 g/mol. The minimum Gasteiger partial charge on any atom is -0.349 e. The number of nitrogens with zero attached hydrogens (tertiary/aromatic N) is 1. The van der Waals surface area contributed by atoms with Gasteiger partial charge in [0.25, 0.3) is 5.91 Å². The highest BCUT2D eigenvalue weighted by Gasteiger charge is 2.35. The summed E-state index contributed by atoms with van der Waals surface area (Å²) in [7, 11) is 2.01. The summed E-state index contributed by atoms with van der Waals surface area (Å²) < 4.78 is 2.10. The highest BCUT2D eigenvalue weighted by Crippen LogP contribution is 2.35. The van der Waals surface area contributed by atoms with Crippen molar-refractivity contribution in [2.75, 3.05) is 0 Å². The second kappa shape index (κ2) is 8.02. The van der Waals surface area contributed by atoms with Gasteiger partial charge in [0.15, 0.2) is 0 Å². The molecule has 29 heavy (non-hydrogen) atoms. The van der Waals surface area contributed by atoms with E-state index in [-0.39, 0.29) is 24.4 Å². The Morgan fingerprint density at radius 3 is 2.48 bits per heavy atom. The van der Waals surface area contributed by atoms with E-state index in [0.29, 0.717) is 17.1 Å². The van der Waals surface area contributed by atoms with Crippen LogP contribution >= 0.6 is 24.0 Å². The Balaban J connectivity index is 0.00000205. The van der Waals surface area contributed by atoms with Crippen LogP contribution in [0.3, 0.4) is 0 Å². The van der Waals surface area contributed by atoms with Crippen molar-refractivity contribution in [3.8, 4) is 11.3 Å². The molecule has 2 N–H and O–H groups in total. The van der Waals surface area contributed by atoms with Crippen LogP contribution in [0, 0.1) is 0 Å². The maximum atomic E-state index is 13.5. The molecule has 6 heteroatoms. The lowest BCUT2D eigenvalue weighted by Crippen LogP contribution is -2.48. The van der Waals surface area contributed by atoms with Crippen LogP contribution in [-0.4, -0.2) is 28.6 Å². The third-order valence-electron chi connectivity index (χ3n) is 6.24. The highest BCUT2D eigenvalue weighted by atomic mass is 35.5. The van der Waals surface area contributed by atoms with Crippen LogP contribution < -0.4 is 10.6 Å². The standard InChI is InChI=1S/C23H24ClN3O.ClH/c1-27-20-10-7-15(24)11-19(20)21(22(27)14-5-3-2-4-6-14)23(28)26-18-12-16-8-9-17(13-18)25-16;/h2-7,10-11,16-18,25H,8-9,12-13H2,1H3,(H,26,28);1H/t16-,17+,18+;. The van der Waals surface area contributed by atoms with E-state index in [1.807, 2.05) is 43.4 Å². The number of carbonyl (C=O) groups excluding carboxylic acids is 1. The lowest BCUT2D eigenvalue weighted by Gasteiger charge is -2.29. The maximum Gasteiger partial charge on any atom is 0.254 e. The number of amides is 1. The molecule has 2 fully saturated rings. The fourth-order valence-electron chi connectivity index (χ4n) is 5.01. The van der Waals surface area contributed by atoms with Crippen molar-refractivity contribution in [3.63, 3.8) is 0 Å². The number of aryl methyl sites for hydroxylation is 1. The van der Waals surface area contributed by atoms with Crippen LogP contribution in [0.5, 0.6) is 0 Å². The zero-order valence-corrected chi connectivity index (χ0v) is 17.9. The number of piperidine rings is 1. The molecule has 2 aliphatic rings. The van der Waals surface area contributed by atoms with Crippen LogP contribution in [0.1, 0.15) is 36.0 Å². The van der Waals surface area contributed by atoms with Gasteiger partial charge < -0.3 is 15.2 Å². The van der Waals surface area contributed by atoms with E-state index < -0.39 is 0 Å². The van der Waals surface area contributed by atoms with E-state index >= 15 is 0 Å². The van der Waals surface area contributed by atoms with Gasteiger partial charge in [0.05, 0.1) is 11.3 Å². The molecule has 0 saturated carbocycles. The van der Waals surface area contributed by atoms with E-state index in [2.05, 4.69) is 27.3 Å². The average Bonchev–Trinajstić information content (AvgIpc) is 3.18. The van der Waals surface area contributed by atoms with E-state index in [0.717, 1.165) is 40.6 Å². The van der Waals surface area contributed by atoms with Crippen molar-refractivity contribution in [1.29, 1.82) is 0 Å². The van der Waals surface area contributed by atoms with Gasteiger partial charge in [0, 0.05) is 41.1 Å². The minimum absolute atomic E-state index is 0. The summed E-state index contributed by atoms with van der Waals surface area (Å²) in [5, 5.41) is 8.53. The van der Waals surface area contributed by atoms with Crippen LogP contribution in [0.25, 0.3) is 22.2 Å². The number of benzene rings is 2. The molecule has 0 unspecified atom stereocenters. The third kappa shape index (κ3) is 3.65. The molecule has 2 saturated heterocycles. The Morgan fingerprint density at radius 1 is 1.10 bits per heavy atom. The zero-order chi connectivity index (χ0) is 19.3. The first-order valence-electron chi connectivity index (χ1n) is 10.0. The molecule has 2 aromatic carbocycles. The van der Waals surface area contributed by atoms with Gasteiger partial charge in [-0.05, 0) is 49.4 Å². The van der Waals surface area contributed by atoms with Crippen LogP contribution in [-0.2, 0) is 7.05 Å². The third-order valence-corrected chi connectivity index (χ3v) is 6.48. The number of nitrogens with one attached hydrogen (secondary N) is 2. The summed E-state index contributed by atoms with van der Waals surface area (Å²) >= 11 is 6.29. The Kier molecular flexibility index (Phi) is 5.60. The first kappa shape index (κ1) is 20.3. The molecule has 3 heterocycles. The van der Waals surface area contributed by atoms with E-state index in [4.69, 9.17) is 11.6 Å². The van der Waals surface area contributed by atoms with Crippen LogP contribution in [0.2, 0.25) is 5.02 Å². The Morgan fingerprint density at radius 2 is 1.79 bits per heavy atom. The molecule has 5 rings (SSSR count). The van der Waals surface area contributed by atoms with Crippen molar-refractivity contribution < 1.29 is 4.79 Å². The van der Waals surface area contributed by atoms with Gasteiger partial charge in [-0.2, -0.15) is 0 Å². The van der Waals surface area contributed by atoms with Crippen molar-refractivity contribution in [2.24, 2.45) is 7.05 Å². The molecule has 1 amide bonds. The summed E-state index contributed by atoms with van der Waals surface area (Å²) in [4.78, 5) is 13.5. The topological polar surface area (TPSA) is 46.1 Å². The number of hydrogen-bond acceptors (Lipinski definition) is 2. The number of carbonyl (C=O) groups is 1. The Bertz CT molecular complexity index is 1040.